The molecule has 1 aromatic carbocycles. The fourth-order valence-electron chi connectivity index (χ4n) is 4.68. The van der Waals surface area contributed by atoms with Gasteiger partial charge in [0.05, 0.1) is 10.9 Å². The Hall–Kier alpha value is -3.37. The van der Waals surface area contributed by atoms with Gasteiger partial charge >= 0.3 is 0 Å². The van der Waals surface area contributed by atoms with Crippen molar-refractivity contribution < 1.29 is 9.59 Å². The van der Waals surface area contributed by atoms with Gasteiger partial charge in [-0.1, -0.05) is 56.3 Å². The number of hydrogen-bond acceptors (Lipinski definition) is 7. The third-order valence-electron chi connectivity index (χ3n) is 6.77. The number of hydrogen-bond donors (Lipinski definition) is 2. The summed E-state index contributed by atoms with van der Waals surface area (Å²) in [5.41, 5.74) is 7.62. The molecule has 0 saturated carbocycles. The molecule has 0 bridgehead atoms. The summed E-state index contributed by atoms with van der Waals surface area (Å²) in [7, 11) is 0. The van der Waals surface area contributed by atoms with Gasteiger partial charge in [0, 0.05) is 9.75 Å². The van der Waals surface area contributed by atoms with Gasteiger partial charge in [-0.15, -0.1) is 27.8 Å². The first-order chi connectivity index (χ1) is 17.1. The lowest BCUT2D eigenvalue weighted by Crippen LogP contribution is -2.31. The fourth-order valence-corrected chi connectivity index (χ4v) is 7.00. The molecule has 0 unspecified atom stereocenters. The summed E-state index contributed by atoms with van der Waals surface area (Å²) in [6.45, 7) is 6.44. The van der Waals surface area contributed by atoms with Crippen molar-refractivity contribution in [1.82, 2.24) is 15.0 Å². The number of anilines is 1. The summed E-state index contributed by atoms with van der Waals surface area (Å²) in [4.78, 5) is 40.8. The minimum absolute atomic E-state index is 0.198. The zero-order chi connectivity index (χ0) is 25.6. The molecule has 0 fully saturated rings. The Morgan fingerprint density at radius 2 is 1.94 bits per heavy atom. The quantitative estimate of drug-likeness (QED) is 0.402. The normalized spacial score (nSPS) is 15.6. The molecule has 4 aromatic rings. The summed E-state index contributed by atoms with van der Waals surface area (Å²) < 4.78 is 1.09. The first kappa shape index (κ1) is 24.3. The monoisotopic (exact) mass is 521 g/mol. The number of aromatic nitrogens is 3. The lowest BCUT2D eigenvalue weighted by atomic mass is 9.72. The van der Waals surface area contributed by atoms with Crippen LogP contribution in [0.5, 0.6) is 0 Å². The van der Waals surface area contributed by atoms with Gasteiger partial charge in [0.25, 0.3) is 11.5 Å². The molecule has 1 aliphatic carbocycles. The molecular formula is C26H27N5O3S2. The average molecular weight is 522 g/mol. The molecule has 186 valence electrons. The van der Waals surface area contributed by atoms with Crippen molar-refractivity contribution in [3.63, 3.8) is 0 Å². The highest BCUT2D eigenvalue weighted by Crippen LogP contribution is 2.42. The molecular weight excluding hydrogens is 494 g/mol. The molecule has 0 aliphatic heterocycles. The van der Waals surface area contributed by atoms with Crippen LogP contribution in [0.2, 0.25) is 0 Å². The Balaban J connectivity index is 1.40. The summed E-state index contributed by atoms with van der Waals surface area (Å²) in [5.74, 6) is -0.572. The molecule has 3 heterocycles. The number of nitrogens with one attached hydrogen (secondary N) is 1. The lowest BCUT2D eigenvalue weighted by Gasteiger charge is -2.33. The van der Waals surface area contributed by atoms with E-state index in [1.807, 2.05) is 30.3 Å². The van der Waals surface area contributed by atoms with Crippen molar-refractivity contribution in [2.45, 2.75) is 46.6 Å². The van der Waals surface area contributed by atoms with Crippen molar-refractivity contribution in [1.29, 1.82) is 0 Å². The van der Waals surface area contributed by atoms with Crippen molar-refractivity contribution in [2.75, 3.05) is 5.32 Å². The fraction of sp³-hybridized carbons (Fsp3) is 0.346. The number of carbonyl (C=O) groups is 2. The number of amides is 2. The maximum absolute atomic E-state index is 13.3. The minimum Gasteiger partial charge on any atom is -0.366 e. The number of aryl methyl sites for hydroxylation is 1. The van der Waals surface area contributed by atoms with Crippen LogP contribution in [0.4, 0.5) is 5.00 Å². The predicted molar refractivity (Wildman–Crippen MR) is 144 cm³/mol. The van der Waals surface area contributed by atoms with Crippen LogP contribution < -0.4 is 16.6 Å². The van der Waals surface area contributed by atoms with Crippen LogP contribution in [0.15, 0.2) is 41.2 Å². The maximum atomic E-state index is 13.3. The van der Waals surface area contributed by atoms with Crippen LogP contribution in [-0.2, 0) is 24.2 Å². The molecule has 0 saturated heterocycles. The highest BCUT2D eigenvalue weighted by molar-refractivity contribution is 7.20. The molecule has 0 radical (unpaired) electrons. The number of benzene rings is 1. The standard InChI is InChI=1S/C26H27N5O3S2/c1-26(2,3)15-9-10-16-19(11-15)36-24-21(16)25(34)31(30-29-24)13-20(32)28-23-17(22(27)33)12-18(35-23)14-7-5-4-6-8-14/h4-8,12,15H,9-11,13H2,1-3H3,(H2,27,33)(H,28,32)/t15-/m0/s1. The third-order valence-corrected chi connectivity index (χ3v) is 9.00. The number of fused-ring (bicyclic) bond motifs is 3. The molecule has 10 heteroatoms. The van der Waals surface area contributed by atoms with E-state index in [4.69, 9.17) is 5.73 Å². The van der Waals surface area contributed by atoms with Gasteiger partial charge in [-0.2, -0.15) is 0 Å². The van der Waals surface area contributed by atoms with Crippen molar-refractivity contribution >= 4 is 49.7 Å². The number of carbonyl (C=O) groups excluding carboxylic acids is 2. The smallest absolute Gasteiger partial charge is 0.279 e. The Morgan fingerprint density at radius 3 is 2.64 bits per heavy atom. The SMILES string of the molecule is CC(C)(C)[C@H]1CCc2c(sc3nnn(CC(=O)Nc4sc(-c5ccccc5)cc4C(N)=O)c(=O)c23)C1. The second kappa shape index (κ2) is 9.25. The zero-order valence-electron chi connectivity index (χ0n) is 20.3. The number of rotatable bonds is 5. The molecule has 3 aromatic heterocycles. The van der Waals surface area contributed by atoms with Gasteiger partial charge in [-0.25, -0.2) is 4.68 Å². The van der Waals surface area contributed by atoms with E-state index in [0.29, 0.717) is 21.1 Å². The van der Waals surface area contributed by atoms with E-state index in [0.717, 1.165) is 39.9 Å². The topological polar surface area (TPSA) is 120 Å². The van der Waals surface area contributed by atoms with E-state index in [1.165, 1.54) is 27.6 Å². The van der Waals surface area contributed by atoms with Crippen LogP contribution >= 0.6 is 22.7 Å². The van der Waals surface area contributed by atoms with E-state index in [2.05, 4.69) is 36.4 Å². The molecule has 3 N–H and O–H groups in total. The highest BCUT2D eigenvalue weighted by atomic mass is 32.1. The molecule has 0 spiro atoms. The third kappa shape index (κ3) is 4.58. The maximum Gasteiger partial charge on any atom is 0.279 e. The molecule has 1 aliphatic rings. The number of thiophene rings is 2. The van der Waals surface area contributed by atoms with E-state index in [1.54, 1.807) is 6.07 Å². The Bertz CT molecular complexity index is 1530. The summed E-state index contributed by atoms with van der Waals surface area (Å²) in [5, 5.41) is 11.9. The first-order valence-electron chi connectivity index (χ1n) is 11.8. The van der Waals surface area contributed by atoms with E-state index in [9.17, 15) is 14.4 Å². The van der Waals surface area contributed by atoms with E-state index >= 15 is 0 Å². The Morgan fingerprint density at radius 1 is 1.19 bits per heavy atom. The van der Waals surface area contributed by atoms with E-state index < -0.39 is 11.8 Å². The van der Waals surface area contributed by atoms with Gasteiger partial charge in [-0.3, -0.25) is 14.4 Å². The summed E-state index contributed by atoms with van der Waals surface area (Å²) in [6.07, 6.45) is 2.77. The second-order valence-electron chi connectivity index (χ2n) is 10.2. The van der Waals surface area contributed by atoms with Crippen LogP contribution in [-0.4, -0.2) is 26.8 Å². The van der Waals surface area contributed by atoms with Gasteiger partial charge < -0.3 is 11.1 Å². The molecule has 5 rings (SSSR count). The first-order valence-corrected chi connectivity index (χ1v) is 13.4. The van der Waals surface area contributed by atoms with E-state index in [-0.39, 0.29) is 23.1 Å². The molecule has 36 heavy (non-hydrogen) atoms. The summed E-state index contributed by atoms with van der Waals surface area (Å²) >= 11 is 2.79. The Labute approximate surface area is 216 Å². The van der Waals surface area contributed by atoms with Gasteiger partial charge in [0.1, 0.15) is 11.5 Å². The van der Waals surface area contributed by atoms with Crippen LogP contribution in [0.25, 0.3) is 20.7 Å². The van der Waals surface area contributed by atoms with Crippen LogP contribution in [0.3, 0.4) is 0 Å². The number of nitrogens with zero attached hydrogens (tertiary/aromatic N) is 3. The highest BCUT2D eigenvalue weighted by Gasteiger charge is 2.32. The van der Waals surface area contributed by atoms with Crippen molar-refractivity contribution in [3.05, 3.63) is 62.8 Å². The van der Waals surface area contributed by atoms with Gasteiger partial charge in [-0.05, 0) is 47.8 Å². The predicted octanol–water partition coefficient (Wildman–Crippen LogP) is 4.47. The summed E-state index contributed by atoms with van der Waals surface area (Å²) in [6, 6.07) is 11.2. The van der Waals surface area contributed by atoms with Crippen molar-refractivity contribution in [2.24, 2.45) is 17.1 Å². The molecule has 8 nitrogen and oxygen atoms in total. The van der Waals surface area contributed by atoms with Gasteiger partial charge in [0.15, 0.2) is 4.83 Å². The largest absolute Gasteiger partial charge is 0.366 e. The van der Waals surface area contributed by atoms with Gasteiger partial charge in [0.2, 0.25) is 5.91 Å². The van der Waals surface area contributed by atoms with Crippen LogP contribution in [0, 0.1) is 11.3 Å². The minimum atomic E-state index is -0.638. The number of nitrogens with two attached hydrogens (primary N) is 1. The molecule has 1 atom stereocenters. The van der Waals surface area contributed by atoms with Crippen molar-refractivity contribution in [3.8, 4) is 10.4 Å². The van der Waals surface area contributed by atoms with Crippen LogP contribution in [0.1, 0.15) is 48.0 Å². The lowest BCUT2D eigenvalue weighted by molar-refractivity contribution is -0.117. The number of primary amides is 1. The molecule has 2 amide bonds. The zero-order valence-corrected chi connectivity index (χ0v) is 22.0. The Kier molecular flexibility index (Phi) is 6.25. The second-order valence-corrected chi connectivity index (χ2v) is 12.3. The average Bonchev–Trinajstić information content (AvgIpc) is 3.42.